The van der Waals surface area contributed by atoms with Crippen molar-refractivity contribution < 1.29 is 9.53 Å². The minimum absolute atomic E-state index is 0.0178. The van der Waals surface area contributed by atoms with Gasteiger partial charge in [0.15, 0.2) is 0 Å². The number of anilines is 1. The third-order valence-corrected chi connectivity index (χ3v) is 3.97. The van der Waals surface area contributed by atoms with Crippen molar-refractivity contribution in [3.05, 3.63) is 23.2 Å². The predicted octanol–water partition coefficient (Wildman–Crippen LogP) is 3.60. The quantitative estimate of drug-likeness (QED) is 0.893. The number of amides is 1. The third-order valence-electron chi connectivity index (χ3n) is 3.67. The summed E-state index contributed by atoms with van der Waals surface area (Å²) in [5.74, 6) is 0.613. The molecule has 1 aromatic rings. The summed E-state index contributed by atoms with van der Waals surface area (Å²) in [7, 11) is 0. The SMILES string of the molecule is CC(C)Oc1ccc(NC(=O)C2(C)CCCCN2)cc1Cl. The molecule has 0 bridgehead atoms. The molecule has 5 heteroatoms. The standard InChI is InChI=1S/C16H23ClN2O2/c1-11(2)21-14-7-6-12(10-13(14)17)19-15(20)16(3)8-4-5-9-18-16/h6-7,10-11,18H,4-5,8-9H2,1-3H3,(H,19,20). The molecule has 4 nitrogen and oxygen atoms in total. The summed E-state index contributed by atoms with van der Waals surface area (Å²) in [6.07, 6.45) is 3.10. The van der Waals surface area contributed by atoms with Crippen LogP contribution in [-0.2, 0) is 4.79 Å². The highest BCUT2D eigenvalue weighted by molar-refractivity contribution is 6.32. The highest BCUT2D eigenvalue weighted by atomic mass is 35.5. The Balaban J connectivity index is 2.05. The minimum atomic E-state index is -0.502. The van der Waals surface area contributed by atoms with Crippen LogP contribution in [0.15, 0.2) is 18.2 Å². The number of carbonyl (C=O) groups excluding carboxylic acids is 1. The van der Waals surface area contributed by atoms with Crippen LogP contribution in [-0.4, -0.2) is 24.1 Å². The molecule has 1 aliphatic heterocycles. The zero-order valence-electron chi connectivity index (χ0n) is 12.8. The maximum atomic E-state index is 12.4. The summed E-state index contributed by atoms with van der Waals surface area (Å²) in [6, 6.07) is 5.33. The summed E-state index contributed by atoms with van der Waals surface area (Å²) in [6.45, 7) is 6.72. The van der Waals surface area contributed by atoms with Crippen LogP contribution in [0, 0.1) is 0 Å². The van der Waals surface area contributed by atoms with Crippen molar-refractivity contribution in [3.63, 3.8) is 0 Å². The van der Waals surface area contributed by atoms with Crippen LogP contribution in [0.4, 0.5) is 5.69 Å². The van der Waals surface area contributed by atoms with Gasteiger partial charge in [-0.15, -0.1) is 0 Å². The third kappa shape index (κ3) is 4.11. The van der Waals surface area contributed by atoms with Gasteiger partial charge in [-0.3, -0.25) is 4.79 Å². The van der Waals surface area contributed by atoms with Crippen molar-refractivity contribution in [1.82, 2.24) is 5.32 Å². The van der Waals surface area contributed by atoms with Gasteiger partial charge in [0.25, 0.3) is 0 Å². The molecule has 1 unspecified atom stereocenters. The van der Waals surface area contributed by atoms with Crippen LogP contribution in [0.2, 0.25) is 5.02 Å². The fraction of sp³-hybridized carbons (Fsp3) is 0.562. The molecule has 1 aliphatic rings. The van der Waals surface area contributed by atoms with E-state index in [9.17, 15) is 4.79 Å². The molecule has 2 N–H and O–H groups in total. The van der Waals surface area contributed by atoms with Crippen LogP contribution < -0.4 is 15.4 Å². The van der Waals surface area contributed by atoms with E-state index in [-0.39, 0.29) is 12.0 Å². The smallest absolute Gasteiger partial charge is 0.244 e. The molecule has 0 saturated carbocycles. The van der Waals surface area contributed by atoms with E-state index >= 15 is 0 Å². The van der Waals surface area contributed by atoms with Gasteiger partial charge in [0.05, 0.1) is 16.7 Å². The molecule has 1 saturated heterocycles. The second kappa shape index (κ2) is 6.67. The predicted molar refractivity (Wildman–Crippen MR) is 86.1 cm³/mol. The fourth-order valence-electron chi connectivity index (χ4n) is 2.45. The first kappa shape index (κ1) is 16.1. The maximum Gasteiger partial charge on any atom is 0.244 e. The van der Waals surface area contributed by atoms with Gasteiger partial charge >= 0.3 is 0 Å². The lowest BCUT2D eigenvalue weighted by molar-refractivity contribution is -0.122. The molecule has 0 aliphatic carbocycles. The number of halogens is 1. The van der Waals surface area contributed by atoms with E-state index < -0.39 is 5.54 Å². The van der Waals surface area contributed by atoms with Gasteiger partial charge in [-0.1, -0.05) is 11.6 Å². The number of benzene rings is 1. The number of rotatable bonds is 4. The lowest BCUT2D eigenvalue weighted by atomic mass is 9.90. The van der Waals surface area contributed by atoms with Crippen molar-refractivity contribution in [3.8, 4) is 5.75 Å². The van der Waals surface area contributed by atoms with E-state index in [4.69, 9.17) is 16.3 Å². The molecule has 0 aromatic heterocycles. The Morgan fingerprint density at radius 1 is 1.43 bits per heavy atom. The molecule has 0 spiro atoms. The van der Waals surface area contributed by atoms with E-state index in [1.165, 1.54) is 0 Å². The fourth-order valence-corrected chi connectivity index (χ4v) is 2.67. The van der Waals surface area contributed by atoms with Crippen LogP contribution in [0.1, 0.15) is 40.0 Å². The molecule has 21 heavy (non-hydrogen) atoms. The van der Waals surface area contributed by atoms with Crippen molar-refractivity contribution in [2.75, 3.05) is 11.9 Å². The number of hydrogen-bond donors (Lipinski definition) is 2. The molecule has 1 heterocycles. The average molecular weight is 311 g/mol. The number of nitrogens with one attached hydrogen (secondary N) is 2. The van der Waals surface area contributed by atoms with Crippen LogP contribution in [0.5, 0.6) is 5.75 Å². The van der Waals surface area contributed by atoms with Gasteiger partial charge in [0.2, 0.25) is 5.91 Å². The van der Waals surface area contributed by atoms with E-state index in [2.05, 4.69) is 10.6 Å². The Morgan fingerprint density at radius 3 is 2.76 bits per heavy atom. The van der Waals surface area contributed by atoms with E-state index in [0.717, 1.165) is 25.8 Å². The zero-order chi connectivity index (χ0) is 15.5. The number of piperidine rings is 1. The topological polar surface area (TPSA) is 50.4 Å². The van der Waals surface area contributed by atoms with Gasteiger partial charge in [-0.05, 0) is 64.8 Å². The molecule has 2 rings (SSSR count). The van der Waals surface area contributed by atoms with Crippen molar-refractivity contribution in [1.29, 1.82) is 0 Å². The first-order valence-electron chi connectivity index (χ1n) is 7.43. The molecule has 1 amide bonds. The maximum absolute atomic E-state index is 12.4. The van der Waals surface area contributed by atoms with Crippen LogP contribution >= 0.6 is 11.6 Å². The summed E-state index contributed by atoms with van der Waals surface area (Å²) in [4.78, 5) is 12.4. The monoisotopic (exact) mass is 310 g/mol. The molecular formula is C16H23ClN2O2. The van der Waals surface area contributed by atoms with Crippen LogP contribution in [0.3, 0.4) is 0 Å². The lowest BCUT2D eigenvalue weighted by Crippen LogP contribution is -2.54. The average Bonchev–Trinajstić information content (AvgIpc) is 2.42. The van der Waals surface area contributed by atoms with Gasteiger partial charge in [0, 0.05) is 5.69 Å². The summed E-state index contributed by atoms with van der Waals surface area (Å²) in [5.41, 5.74) is 0.187. The summed E-state index contributed by atoms with van der Waals surface area (Å²) >= 11 is 6.19. The highest BCUT2D eigenvalue weighted by Crippen LogP contribution is 2.29. The Morgan fingerprint density at radius 2 is 2.19 bits per heavy atom. The normalized spacial score (nSPS) is 22.1. The number of hydrogen-bond acceptors (Lipinski definition) is 3. The number of ether oxygens (including phenoxy) is 1. The second-order valence-corrected chi connectivity index (χ2v) is 6.39. The van der Waals surface area contributed by atoms with Gasteiger partial charge in [0.1, 0.15) is 5.75 Å². The zero-order valence-corrected chi connectivity index (χ0v) is 13.6. The van der Waals surface area contributed by atoms with Crippen molar-refractivity contribution in [2.45, 2.75) is 51.7 Å². The molecule has 1 fully saturated rings. The molecule has 1 atom stereocenters. The lowest BCUT2D eigenvalue weighted by Gasteiger charge is -2.33. The second-order valence-electron chi connectivity index (χ2n) is 5.98. The number of carbonyl (C=O) groups is 1. The largest absolute Gasteiger partial charge is 0.489 e. The molecule has 0 radical (unpaired) electrons. The van der Waals surface area contributed by atoms with Crippen molar-refractivity contribution >= 4 is 23.2 Å². The Kier molecular flexibility index (Phi) is 5.12. The van der Waals surface area contributed by atoms with E-state index in [0.29, 0.717) is 16.5 Å². The van der Waals surface area contributed by atoms with Crippen LogP contribution in [0.25, 0.3) is 0 Å². The summed E-state index contributed by atoms with van der Waals surface area (Å²) in [5, 5.41) is 6.73. The molecule has 1 aromatic carbocycles. The van der Waals surface area contributed by atoms with Gasteiger partial charge in [-0.2, -0.15) is 0 Å². The molecular weight excluding hydrogens is 288 g/mol. The first-order valence-corrected chi connectivity index (χ1v) is 7.81. The Hall–Kier alpha value is -1.26. The van der Waals surface area contributed by atoms with Crippen molar-refractivity contribution in [2.24, 2.45) is 0 Å². The first-order chi connectivity index (χ1) is 9.90. The van der Waals surface area contributed by atoms with Gasteiger partial charge < -0.3 is 15.4 Å². The molecule has 116 valence electrons. The van der Waals surface area contributed by atoms with E-state index in [1.54, 1.807) is 12.1 Å². The minimum Gasteiger partial charge on any atom is -0.489 e. The Labute approximate surface area is 131 Å². The summed E-state index contributed by atoms with van der Waals surface area (Å²) < 4.78 is 5.58. The highest BCUT2D eigenvalue weighted by Gasteiger charge is 2.34. The van der Waals surface area contributed by atoms with E-state index in [1.807, 2.05) is 26.8 Å². The van der Waals surface area contributed by atoms with Gasteiger partial charge in [-0.25, -0.2) is 0 Å². The Bertz CT molecular complexity index is 511.